The fourth-order valence-electron chi connectivity index (χ4n) is 3.81. The molecule has 168 valence electrons. The molecule has 3 aromatic rings. The third-order valence-corrected chi connectivity index (χ3v) is 7.24. The summed E-state index contributed by atoms with van der Waals surface area (Å²) in [5.74, 6) is 0.742. The van der Waals surface area contributed by atoms with E-state index in [1.807, 2.05) is 36.1 Å². The molecule has 0 bridgehead atoms. The van der Waals surface area contributed by atoms with E-state index in [-0.39, 0.29) is 25.5 Å². The Labute approximate surface area is 184 Å². The van der Waals surface area contributed by atoms with Crippen molar-refractivity contribution in [3.63, 3.8) is 0 Å². The van der Waals surface area contributed by atoms with E-state index in [2.05, 4.69) is 9.55 Å². The van der Waals surface area contributed by atoms with Gasteiger partial charge in [-0.15, -0.1) is 12.4 Å². The average Bonchev–Trinajstić information content (AvgIpc) is 3.12. The van der Waals surface area contributed by atoms with Gasteiger partial charge in [0.05, 0.1) is 21.5 Å². The van der Waals surface area contributed by atoms with Crippen LogP contribution in [0.2, 0.25) is 0 Å². The number of hydrogen-bond acceptors (Lipinski definition) is 4. The number of aromatic nitrogens is 2. The third kappa shape index (κ3) is 4.24. The third-order valence-electron chi connectivity index (χ3n) is 5.28. The molecule has 0 aliphatic carbocycles. The summed E-state index contributed by atoms with van der Waals surface area (Å²) in [7, 11) is -4.26. The van der Waals surface area contributed by atoms with Crippen LogP contribution in [0.4, 0.5) is 19.1 Å². The van der Waals surface area contributed by atoms with Crippen molar-refractivity contribution < 1.29 is 21.6 Å². The van der Waals surface area contributed by atoms with Gasteiger partial charge >= 0.3 is 6.18 Å². The highest BCUT2D eigenvalue weighted by Gasteiger charge is 2.39. The van der Waals surface area contributed by atoms with Gasteiger partial charge < -0.3 is 9.47 Å². The number of benzene rings is 2. The number of nitrogens with zero attached hydrogens (tertiary/aromatic N) is 4. The molecule has 2 heterocycles. The molecule has 0 spiro atoms. The first-order chi connectivity index (χ1) is 14.2. The van der Waals surface area contributed by atoms with Crippen LogP contribution in [0.5, 0.6) is 0 Å². The van der Waals surface area contributed by atoms with Gasteiger partial charge in [0.25, 0.3) is 0 Å². The fourth-order valence-corrected chi connectivity index (χ4v) is 5.44. The van der Waals surface area contributed by atoms with Gasteiger partial charge in [0.2, 0.25) is 16.0 Å². The lowest BCUT2D eigenvalue weighted by Crippen LogP contribution is -2.49. The van der Waals surface area contributed by atoms with Crippen molar-refractivity contribution in [3.8, 4) is 0 Å². The molecule has 0 N–H and O–H groups in total. The van der Waals surface area contributed by atoms with E-state index in [1.54, 1.807) is 0 Å². The van der Waals surface area contributed by atoms with Crippen LogP contribution in [0.25, 0.3) is 11.0 Å². The molecular weight excluding hydrogens is 453 g/mol. The number of anilines is 1. The second-order valence-corrected chi connectivity index (χ2v) is 8.94. The minimum atomic E-state index is -4.74. The predicted molar refractivity (Wildman–Crippen MR) is 115 cm³/mol. The van der Waals surface area contributed by atoms with Crippen LogP contribution in [0, 0.1) is 0 Å². The lowest BCUT2D eigenvalue weighted by atomic mass is 10.2. The maximum atomic E-state index is 13.3. The number of sulfonamides is 1. The summed E-state index contributed by atoms with van der Waals surface area (Å²) >= 11 is 0. The van der Waals surface area contributed by atoms with E-state index >= 15 is 0 Å². The van der Waals surface area contributed by atoms with Gasteiger partial charge in [0.15, 0.2) is 0 Å². The largest absolute Gasteiger partial charge is 0.417 e. The molecule has 0 atom stereocenters. The Balaban J connectivity index is 0.00000272. The van der Waals surface area contributed by atoms with Gasteiger partial charge in [0, 0.05) is 32.7 Å². The van der Waals surface area contributed by atoms with Gasteiger partial charge in [-0.3, -0.25) is 0 Å². The monoisotopic (exact) mass is 474 g/mol. The summed E-state index contributed by atoms with van der Waals surface area (Å²) in [6.07, 6.45) is -4.74. The Bertz CT molecular complexity index is 1170. The standard InChI is InChI=1S/C20H21F3N4O2S.ClH/c1-2-27-17-9-5-4-8-16(17)24-19(27)25-11-13-26(14-12-25)30(28,29)18-10-6-3-7-15(18)20(21,22)23;/h3-10H,2,11-14H2,1H3;1H. The minimum Gasteiger partial charge on any atom is -0.340 e. The number of imidazole rings is 1. The molecule has 1 aromatic heterocycles. The van der Waals surface area contributed by atoms with Crippen LogP contribution in [-0.2, 0) is 22.7 Å². The van der Waals surface area contributed by atoms with Crippen molar-refractivity contribution in [1.82, 2.24) is 13.9 Å². The van der Waals surface area contributed by atoms with Crippen LogP contribution in [0.15, 0.2) is 53.4 Å². The second kappa shape index (κ2) is 8.68. The number of alkyl halides is 3. The fraction of sp³-hybridized carbons (Fsp3) is 0.350. The van der Waals surface area contributed by atoms with Crippen molar-refractivity contribution in [1.29, 1.82) is 0 Å². The predicted octanol–water partition coefficient (Wildman–Crippen LogP) is 4.01. The maximum Gasteiger partial charge on any atom is 0.417 e. The van der Waals surface area contributed by atoms with Gasteiger partial charge in [-0.25, -0.2) is 13.4 Å². The van der Waals surface area contributed by atoms with Crippen LogP contribution in [-0.4, -0.2) is 48.5 Å². The highest BCUT2D eigenvalue weighted by Crippen LogP contribution is 2.35. The molecule has 1 saturated heterocycles. The molecular formula is C20H22ClF3N4O2S. The highest BCUT2D eigenvalue weighted by atomic mass is 35.5. The minimum absolute atomic E-state index is 0. The second-order valence-electron chi connectivity index (χ2n) is 7.03. The summed E-state index contributed by atoms with van der Waals surface area (Å²) < 4.78 is 69.0. The molecule has 1 aliphatic heterocycles. The lowest BCUT2D eigenvalue weighted by Gasteiger charge is -2.35. The zero-order valence-electron chi connectivity index (χ0n) is 16.7. The Morgan fingerprint density at radius 2 is 1.58 bits per heavy atom. The van der Waals surface area contributed by atoms with Gasteiger partial charge in [-0.1, -0.05) is 24.3 Å². The lowest BCUT2D eigenvalue weighted by molar-refractivity contribution is -0.139. The van der Waals surface area contributed by atoms with Crippen LogP contribution in [0.1, 0.15) is 12.5 Å². The first-order valence-corrected chi connectivity index (χ1v) is 11.0. The van der Waals surface area contributed by atoms with Crippen molar-refractivity contribution >= 4 is 39.4 Å². The molecule has 2 aromatic carbocycles. The molecule has 31 heavy (non-hydrogen) atoms. The Morgan fingerprint density at radius 1 is 0.968 bits per heavy atom. The molecule has 0 radical (unpaired) electrons. The van der Waals surface area contributed by atoms with E-state index in [4.69, 9.17) is 0 Å². The summed E-state index contributed by atoms with van der Waals surface area (Å²) in [5.41, 5.74) is 0.702. The maximum absolute atomic E-state index is 13.3. The molecule has 6 nitrogen and oxygen atoms in total. The topological polar surface area (TPSA) is 58.4 Å². The van der Waals surface area contributed by atoms with Crippen molar-refractivity contribution in [2.45, 2.75) is 24.5 Å². The van der Waals surface area contributed by atoms with Crippen molar-refractivity contribution in [2.75, 3.05) is 31.1 Å². The number of para-hydroxylation sites is 2. The number of aryl methyl sites for hydroxylation is 1. The highest BCUT2D eigenvalue weighted by molar-refractivity contribution is 7.89. The molecule has 0 amide bonds. The SMILES string of the molecule is CCn1c(N2CCN(S(=O)(=O)c3ccccc3C(F)(F)F)CC2)nc2ccccc21.Cl. The van der Waals surface area contributed by atoms with E-state index < -0.39 is 26.7 Å². The summed E-state index contributed by atoms with van der Waals surface area (Å²) in [6.45, 7) is 3.57. The average molecular weight is 475 g/mol. The van der Waals surface area contributed by atoms with E-state index in [1.165, 1.54) is 12.1 Å². The van der Waals surface area contributed by atoms with Crippen LogP contribution >= 0.6 is 12.4 Å². The number of rotatable bonds is 4. The van der Waals surface area contributed by atoms with Gasteiger partial charge in [-0.05, 0) is 31.2 Å². The number of halogens is 4. The first-order valence-electron chi connectivity index (χ1n) is 9.60. The molecule has 11 heteroatoms. The molecule has 1 aliphatic rings. The Morgan fingerprint density at radius 3 is 2.23 bits per heavy atom. The number of fused-ring (bicyclic) bond motifs is 1. The zero-order chi connectivity index (χ0) is 21.5. The first kappa shape index (κ1) is 23.4. The van der Waals surface area contributed by atoms with Gasteiger partial charge in [0.1, 0.15) is 0 Å². The molecule has 1 fully saturated rings. The number of hydrogen-bond donors (Lipinski definition) is 0. The van der Waals surface area contributed by atoms with Crippen molar-refractivity contribution in [3.05, 3.63) is 54.1 Å². The molecule has 0 unspecified atom stereocenters. The number of piperazine rings is 1. The van der Waals surface area contributed by atoms with Crippen molar-refractivity contribution in [2.24, 2.45) is 0 Å². The zero-order valence-corrected chi connectivity index (χ0v) is 18.3. The molecule has 4 rings (SSSR count). The summed E-state index contributed by atoms with van der Waals surface area (Å²) in [6, 6.07) is 12.0. The summed E-state index contributed by atoms with van der Waals surface area (Å²) in [4.78, 5) is 5.95. The van der Waals surface area contributed by atoms with Crippen LogP contribution in [0.3, 0.4) is 0 Å². The Hall–Kier alpha value is -2.30. The summed E-state index contributed by atoms with van der Waals surface area (Å²) in [5, 5.41) is 0. The van der Waals surface area contributed by atoms with Crippen LogP contribution < -0.4 is 4.90 Å². The van der Waals surface area contributed by atoms with Gasteiger partial charge in [-0.2, -0.15) is 17.5 Å². The molecule has 0 saturated carbocycles. The van der Waals surface area contributed by atoms with E-state index in [9.17, 15) is 21.6 Å². The Kier molecular flexibility index (Phi) is 6.54. The van der Waals surface area contributed by atoms with E-state index in [0.717, 1.165) is 33.4 Å². The normalized spacial score (nSPS) is 15.8. The smallest absolute Gasteiger partial charge is 0.340 e. The quantitative estimate of drug-likeness (QED) is 0.573. The van der Waals surface area contributed by atoms with E-state index in [0.29, 0.717) is 19.6 Å².